The highest BCUT2D eigenvalue weighted by Crippen LogP contribution is 2.34. The summed E-state index contributed by atoms with van der Waals surface area (Å²) in [6.07, 6.45) is 2.57. The first-order valence-corrected chi connectivity index (χ1v) is 5.91. The molecule has 21 heavy (non-hydrogen) atoms. The Balaban J connectivity index is 2.43. The highest BCUT2D eigenvalue weighted by Gasteiger charge is 2.15. The van der Waals surface area contributed by atoms with Crippen molar-refractivity contribution in [1.29, 1.82) is 0 Å². The number of rotatable bonds is 5. The first kappa shape index (κ1) is 14.3. The maximum absolute atomic E-state index is 10.8. The van der Waals surface area contributed by atoms with Crippen molar-refractivity contribution in [3.05, 3.63) is 52.3 Å². The number of hydrogen-bond acceptors (Lipinski definition) is 5. The standard InChI is InChI=1S/C14H12N2O5/c1-20-12-5-2-9(16(18)19)8-11(12)13-6-3-10(21-13)4-7-14(15)17/h2-8H,1H3,(H2,15,17)/b7-4+. The number of non-ortho nitro benzene ring substituents is 1. The van der Waals surface area contributed by atoms with E-state index in [1.54, 1.807) is 12.1 Å². The maximum atomic E-state index is 10.8. The van der Waals surface area contributed by atoms with E-state index in [1.807, 2.05) is 0 Å². The van der Waals surface area contributed by atoms with Crippen LogP contribution in [0.4, 0.5) is 5.69 Å². The number of carbonyl (C=O) groups is 1. The topological polar surface area (TPSA) is 109 Å². The van der Waals surface area contributed by atoms with Crippen LogP contribution in [0.3, 0.4) is 0 Å². The van der Waals surface area contributed by atoms with Crippen molar-refractivity contribution in [2.75, 3.05) is 7.11 Å². The summed E-state index contributed by atoms with van der Waals surface area (Å²) in [4.78, 5) is 21.0. The molecule has 2 aromatic rings. The summed E-state index contributed by atoms with van der Waals surface area (Å²) in [5, 5.41) is 10.8. The highest BCUT2D eigenvalue weighted by molar-refractivity contribution is 5.90. The average molecular weight is 288 g/mol. The van der Waals surface area contributed by atoms with E-state index in [-0.39, 0.29) is 5.69 Å². The van der Waals surface area contributed by atoms with Crippen LogP contribution in [0.1, 0.15) is 5.76 Å². The van der Waals surface area contributed by atoms with Crippen molar-refractivity contribution in [3.63, 3.8) is 0 Å². The maximum Gasteiger partial charge on any atom is 0.270 e. The second-order valence-corrected chi connectivity index (χ2v) is 4.08. The van der Waals surface area contributed by atoms with E-state index in [9.17, 15) is 14.9 Å². The molecule has 7 nitrogen and oxygen atoms in total. The van der Waals surface area contributed by atoms with E-state index >= 15 is 0 Å². The van der Waals surface area contributed by atoms with Crippen LogP contribution in [0.25, 0.3) is 17.4 Å². The molecule has 0 unspecified atom stereocenters. The molecule has 2 N–H and O–H groups in total. The molecular formula is C14H12N2O5. The van der Waals surface area contributed by atoms with Gasteiger partial charge in [0.2, 0.25) is 5.91 Å². The molecule has 0 saturated carbocycles. The van der Waals surface area contributed by atoms with Gasteiger partial charge in [-0.2, -0.15) is 0 Å². The Bertz CT molecular complexity index is 718. The molecular weight excluding hydrogens is 276 g/mol. The van der Waals surface area contributed by atoms with Gasteiger partial charge in [0, 0.05) is 18.2 Å². The zero-order chi connectivity index (χ0) is 15.4. The molecule has 0 saturated heterocycles. The third kappa shape index (κ3) is 3.27. The number of nitrogens with zero attached hydrogens (tertiary/aromatic N) is 1. The number of ether oxygens (including phenoxy) is 1. The minimum atomic E-state index is -0.596. The molecule has 1 amide bonds. The number of nitrogens with two attached hydrogens (primary N) is 1. The second-order valence-electron chi connectivity index (χ2n) is 4.08. The quantitative estimate of drug-likeness (QED) is 0.516. The predicted molar refractivity (Wildman–Crippen MR) is 75.6 cm³/mol. The van der Waals surface area contributed by atoms with Crippen LogP contribution in [0.15, 0.2) is 40.8 Å². The summed E-state index contributed by atoms with van der Waals surface area (Å²) in [6.45, 7) is 0. The molecule has 0 aliphatic rings. The molecule has 7 heteroatoms. The largest absolute Gasteiger partial charge is 0.496 e. The molecule has 0 aliphatic heterocycles. The van der Waals surface area contributed by atoms with Crippen molar-refractivity contribution >= 4 is 17.7 Å². The van der Waals surface area contributed by atoms with Crippen LogP contribution < -0.4 is 10.5 Å². The van der Waals surface area contributed by atoms with Crippen LogP contribution in [0.2, 0.25) is 0 Å². The Kier molecular flexibility index (Phi) is 4.03. The van der Waals surface area contributed by atoms with Crippen molar-refractivity contribution in [2.45, 2.75) is 0 Å². The van der Waals surface area contributed by atoms with Gasteiger partial charge in [-0.3, -0.25) is 14.9 Å². The van der Waals surface area contributed by atoms with E-state index in [2.05, 4.69) is 0 Å². The molecule has 1 aromatic carbocycles. The Labute approximate surface area is 119 Å². The third-order valence-electron chi connectivity index (χ3n) is 2.70. The summed E-state index contributed by atoms with van der Waals surface area (Å²) in [5.74, 6) is 0.637. The van der Waals surface area contributed by atoms with Crippen LogP contribution in [0, 0.1) is 10.1 Å². The number of amides is 1. The van der Waals surface area contributed by atoms with Gasteiger partial charge in [-0.15, -0.1) is 0 Å². The molecule has 1 aromatic heterocycles. The van der Waals surface area contributed by atoms with Crippen molar-refractivity contribution in [1.82, 2.24) is 0 Å². The normalized spacial score (nSPS) is 10.7. The van der Waals surface area contributed by atoms with Gasteiger partial charge in [0.15, 0.2) is 0 Å². The first-order valence-electron chi connectivity index (χ1n) is 5.91. The summed E-state index contributed by atoms with van der Waals surface area (Å²) in [7, 11) is 1.46. The lowest BCUT2D eigenvalue weighted by Crippen LogP contribution is -2.04. The van der Waals surface area contributed by atoms with Crippen LogP contribution in [-0.2, 0) is 4.79 Å². The molecule has 0 spiro atoms. The van der Waals surface area contributed by atoms with Crippen molar-refractivity contribution in [3.8, 4) is 17.1 Å². The minimum absolute atomic E-state index is 0.0728. The third-order valence-corrected chi connectivity index (χ3v) is 2.70. The summed E-state index contributed by atoms with van der Waals surface area (Å²) in [6, 6.07) is 7.45. The van der Waals surface area contributed by atoms with Gasteiger partial charge >= 0.3 is 0 Å². The average Bonchev–Trinajstić information content (AvgIpc) is 2.93. The number of carbonyl (C=O) groups excluding carboxylic acids is 1. The molecule has 1 heterocycles. The Morgan fingerprint density at radius 1 is 1.38 bits per heavy atom. The zero-order valence-corrected chi connectivity index (χ0v) is 11.1. The number of hydrogen-bond donors (Lipinski definition) is 1. The van der Waals surface area contributed by atoms with Crippen LogP contribution in [0.5, 0.6) is 5.75 Å². The van der Waals surface area contributed by atoms with Gasteiger partial charge in [-0.1, -0.05) is 0 Å². The smallest absolute Gasteiger partial charge is 0.270 e. The second kappa shape index (κ2) is 5.91. The summed E-state index contributed by atoms with van der Waals surface area (Å²) < 4.78 is 10.7. The van der Waals surface area contributed by atoms with Gasteiger partial charge in [-0.05, 0) is 24.3 Å². The Morgan fingerprint density at radius 2 is 2.14 bits per heavy atom. The fourth-order valence-electron chi connectivity index (χ4n) is 1.75. The van der Waals surface area contributed by atoms with Gasteiger partial charge in [0.25, 0.3) is 5.69 Å². The molecule has 0 radical (unpaired) electrons. The van der Waals surface area contributed by atoms with Gasteiger partial charge in [0.05, 0.1) is 17.6 Å². The molecule has 0 fully saturated rings. The minimum Gasteiger partial charge on any atom is -0.496 e. The molecule has 0 atom stereocenters. The van der Waals surface area contributed by atoms with Crippen LogP contribution >= 0.6 is 0 Å². The van der Waals surface area contributed by atoms with Gasteiger partial charge < -0.3 is 14.9 Å². The fourth-order valence-corrected chi connectivity index (χ4v) is 1.75. The number of benzene rings is 1. The SMILES string of the molecule is COc1ccc([N+](=O)[O-])cc1-c1ccc(/C=C/C(N)=O)o1. The summed E-state index contributed by atoms with van der Waals surface area (Å²) >= 11 is 0. The molecule has 0 aliphatic carbocycles. The monoisotopic (exact) mass is 288 g/mol. The van der Waals surface area contributed by atoms with Gasteiger partial charge in [-0.25, -0.2) is 0 Å². The number of nitro groups is 1. The van der Waals surface area contributed by atoms with E-state index < -0.39 is 10.8 Å². The predicted octanol–water partition coefficient (Wildman–Crippen LogP) is 2.36. The van der Waals surface area contributed by atoms with E-state index in [0.717, 1.165) is 6.08 Å². The lowest BCUT2D eigenvalue weighted by atomic mass is 10.1. The Hall–Kier alpha value is -3.09. The number of methoxy groups -OCH3 is 1. The molecule has 108 valence electrons. The first-order chi connectivity index (χ1) is 10.0. The lowest BCUT2D eigenvalue weighted by Gasteiger charge is -2.05. The fraction of sp³-hybridized carbons (Fsp3) is 0.0714. The van der Waals surface area contributed by atoms with Crippen molar-refractivity contribution in [2.24, 2.45) is 5.73 Å². The van der Waals surface area contributed by atoms with Crippen LogP contribution in [-0.4, -0.2) is 17.9 Å². The number of furan rings is 1. The number of primary amides is 1. The van der Waals surface area contributed by atoms with E-state index in [0.29, 0.717) is 22.8 Å². The van der Waals surface area contributed by atoms with E-state index in [4.69, 9.17) is 14.9 Å². The van der Waals surface area contributed by atoms with E-state index in [1.165, 1.54) is 31.4 Å². The van der Waals surface area contributed by atoms with Gasteiger partial charge in [0.1, 0.15) is 17.3 Å². The molecule has 0 bridgehead atoms. The lowest BCUT2D eigenvalue weighted by molar-refractivity contribution is -0.384. The number of nitro benzene ring substituents is 1. The molecule has 2 rings (SSSR count). The Morgan fingerprint density at radius 3 is 2.76 bits per heavy atom. The van der Waals surface area contributed by atoms with Crippen molar-refractivity contribution < 1.29 is 18.9 Å². The highest BCUT2D eigenvalue weighted by atomic mass is 16.6. The summed E-state index contributed by atoms with van der Waals surface area (Å²) in [5.41, 5.74) is 5.37. The zero-order valence-electron chi connectivity index (χ0n) is 11.1.